The Labute approximate surface area is 170 Å². The number of rotatable bonds is 7. The predicted molar refractivity (Wildman–Crippen MR) is 112 cm³/mol. The molecule has 0 heterocycles. The van der Waals surface area contributed by atoms with E-state index in [-0.39, 0.29) is 5.57 Å². The molecule has 7 heteroatoms. The van der Waals surface area contributed by atoms with Crippen molar-refractivity contribution in [3.8, 4) is 11.8 Å². The summed E-state index contributed by atoms with van der Waals surface area (Å²) < 4.78 is 10.2. The Bertz CT molecular complexity index is 943. The van der Waals surface area contributed by atoms with Crippen LogP contribution in [0.4, 0.5) is 11.4 Å². The number of esters is 1. The molecule has 0 aliphatic rings. The van der Waals surface area contributed by atoms with Crippen molar-refractivity contribution in [3.05, 3.63) is 59.7 Å². The fourth-order valence-electron chi connectivity index (χ4n) is 2.39. The highest BCUT2D eigenvalue weighted by atomic mass is 16.5. The third kappa shape index (κ3) is 6.11. The molecule has 1 atom stereocenters. The molecule has 29 heavy (non-hydrogen) atoms. The van der Waals surface area contributed by atoms with Crippen LogP contribution in [0.25, 0.3) is 6.08 Å². The zero-order chi connectivity index (χ0) is 21.4. The summed E-state index contributed by atoms with van der Waals surface area (Å²) >= 11 is 0. The van der Waals surface area contributed by atoms with Gasteiger partial charge in [-0.2, -0.15) is 5.26 Å². The van der Waals surface area contributed by atoms with Crippen molar-refractivity contribution >= 4 is 29.3 Å². The number of hydrogen-bond donors (Lipinski definition) is 1. The van der Waals surface area contributed by atoms with Crippen LogP contribution >= 0.6 is 0 Å². The van der Waals surface area contributed by atoms with E-state index in [1.807, 2.05) is 37.2 Å². The number of carbonyl (C=O) groups is 2. The highest BCUT2D eigenvalue weighted by Crippen LogP contribution is 2.18. The minimum atomic E-state index is -1.08. The van der Waals surface area contributed by atoms with Gasteiger partial charge in [0, 0.05) is 31.5 Å². The van der Waals surface area contributed by atoms with Gasteiger partial charge >= 0.3 is 5.97 Å². The van der Waals surface area contributed by atoms with Crippen molar-refractivity contribution in [3.63, 3.8) is 0 Å². The van der Waals surface area contributed by atoms with E-state index in [1.165, 1.54) is 20.1 Å². The van der Waals surface area contributed by atoms with Gasteiger partial charge in [0.05, 0.1) is 7.11 Å². The summed E-state index contributed by atoms with van der Waals surface area (Å²) in [6.07, 6.45) is 0.343. The average Bonchev–Trinajstić information content (AvgIpc) is 2.72. The molecule has 7 nitrogen and oxygen atoms in total. The van der Waals surface area contributed by atoms with Crippen LogP contribution in [-0.4, -0.2) is 39.2 Å². The summed E-state index contributed by atoms with van der Waals surface area (Å²) in [6, 6.07) is 15.9. The molecule has 2 aromatic rings. The van der Waals surface area contributed by atoms with Crippen LogP contribution in [0.2, 0.25) is 0 Å². The van der Waals surface area contributed by atoms with Crippen LogP contribution in [0.15, 0.2) is 54.1 Å². The second-order valence-corrected chi connectivity index (χ2v) is 6.42. The Balaban J connectivity index is 2.03. The molecule has 0 saturated carbocycles. The third-order valence-corrected chi connectivity index (χ3v) is 4.05. The van der Waals surface area contributed by atoms with Crippen LogP contribution in [0.1, 0.15) is 12.5 Å². The van der Waals surface area contributed by atoms with Gasteiger partial charge in [-0.05, 0) is 42.8 Å². The fraction of sp³-hybridized carbons (Fsp3) is 0.227. The molecule has 1 N–H and O–H groups in total. The summed E-state index contributed by atoms with van der Waals surface area (Å²) in [5, 5.41) is 11.9. The Morgan fingerprint density at radius 3 is 2.45 bits per heavy atom. The molecule has 0 aromatic heterocycles. The van der Waals surface area contributed by atoms with Crippen LogP contribution < -0.4 is 15.0 Å². The van der Waals surface area contributed by atoms with Gasteiger partial charge < -0.3 is 19.7 Å². The summed E-state index contributed by atoms with van der Waals surface area (Å²) in [6.45, 7) is 1.44. The molecule has 0 radical (unpaired) electrons. The molecule has 1 amide bonds. The molecule has 0 spiro atoms. The molecular formula is C22H23N3O4. The lowest BCUT2D eigenvalue weighted by molar-refractivity contribution is -0.148. The van der Waals surface area contributed by atoms with Gasteiger partial charge in [-0.3, -0.25) is 4.79 Å². The zero-order valence-corrected chi connectivity index (χ0v) is 16.8. The van der Waals surface area contributed by atoms with E-state index in [4.69, 9.17) is 9.47 Å². The Morgan fingerprint density at radius 1 is 1.17 bits per heavy atom. The third-order valence-electron chi connectivity index (χ3n) is 4.05. The number of nitrogens with zero attached hydrogens (tertiary/aromatic N) is 2. The van der Waals surface area contributed by atoms with E-state index in [0.29, 0.717) is 17.0 Å². The van der Waals surface area contributed by atoms with E-state index < -0.39 is 18.0 Å². The van der Waals surface area contributed by atoms with Crippen LogP contribution in [0.5, 0.6) is 5.75 Å². The smallest absolute Gasteiger partial charge is 0.349 e. The van der Waals surface area contributed by atoms with E-state index in [0.717, 1.165) is 5.69 Å². The number of nitriles is 1. The first-order chi connectivity index (χ1) is 13.8. The maximum Gasteiger partial charge on any atom is 0.349 e. The molecular weight excluding hydrogens is 370 g/mol. The monoisotopic (exact) mass is 393 g/mol. The molecule has 0 aliphatic carbocycles. The SMILES string of the molecule is COc1cccc(NC(=O)[C@H](C)OC(=O)/C(C#N)=C/c2ccc(N(C)C)cc2)c1. The van der Waals surface area contributed by atoms with Crippen molar-refractivity contribution in [2.45, 2.75) is 13.0 Å². The number of amides is 1. The number of methoxy groups -OCH3 is 1. The molecule has 0 saturated heterocycles. The first-order valence-corrected chi connectivity index (χ1v) is 8.89. The van der Waals surface area contributed by atoms with Gasteiger partial charge in [-0.1, -0.05) is 18.2 Å². The fourth-order valence-corrected chi connectivity index (χ4v) is 2.39. The van der Waals surface area contributed by atoms with Crippen LogP contribution in [-0.2, 0) is 14.3 Å². The van der Waals surface area contributed by atoms with E-state index in [1.54, 1.807) is 36.4 Å². The predicted octanol–water partition coefficient (Wildman–Crippen LogP) is 3.24. The largest absolute Gasteiger partial charge is 0.497 e. The van der Waals surface area contributed by atoms with Crippen molar-refractivity contribution < 1.29 is 19.1 Å². The minimum Gasteiger partial charge on any atom is -0.497 e. The van der Waals surface area contributed by atoms with Gasteiger partial charge in [0.15, 0.2) is 6.10 Å². The average molecular weight is 393 g/mol. The van der Waals surface area contributed by atoms with Gasteiger partial charge in [-0.15, -0.1) is 0 Å². The summed E-state index contributed by atoms with van der Waals surface area (Å²) in [5.74, 6) is -0.792. The normalized spacial score (nSPS) is 11.8. The highest BCUT2D eigenvalue weighted by Gasteiger charge is 2.21. The molecule has 2 aromatic carbocycles. The van der Waals surface area contributed by atoms with Gasteiger partial charge in [-0.25, -0.2) is 4.79 Å². The van der Waals surface area contributed by atoms with Crippen molar-refractivity contribution in [1.82, 2.24) is 0 Å². The topological polar surface area (TPSA) is 91.7 Å². The van der Waals surface area contributed by atoms with Crippen molar-refractivity contribution in [2.24, 2.45) is 0 Å². The standard InChI is InChI=1S/C22H23N3O4/c1-15(21(26)24-18-6-5-7-20(13-18)28-4)29-22(27)17(14-23)12-16-8-10-19(11-9-16)25(2)3/h5-13,15H,1-4H3,(H,24,26)/b17-12+/t15-/m0/s1. The molecule has 0 unspecified atom stereocenters. The van der Waals surface area contributed by atoms with Crippen molar-refractivity contribution in [2.75, 3.05) is 31.4 Å². The van der Waals surface area contributed by atoms with Gasteiger partial charge in [0.25, 0.3) is 5.91 Å². The molecule has 0 bridgehead atoms. The quantitative estimate of drug-likeness (QED) is 0.441. The van der Waals surface area contributed by atoms with Crippen LogP contribution in [0, 0.1) is 11.3 Å². The maximum atomic E-state index is 12.3. The number of benzene rings is 2. The molecule has 2 rings (SSSR count). The van der Waals surface area contributed by atoms with Crippen LogP contribution in [0.3, 0.4) is 0 Å². The second kappa shape index (κ2) is 9.95. The maximum absolute atomic E-state index is 12.3. The lowest BCUT2D eigenvalue weighted by Gasteiger charge is -2.14. The summed E-state index contributed by atoms with van der Waals surface area (Å²) in [5.41, 5.74) is 1.99. The highest BCUT2D eigenvalue weighted by molar-refractivity contribution is 6.01. The molecule has 0 aliphatic heterocycles. The first kappa shape index (κ1) is 21.5. The number of hydrogen-bond acceptors (Lipinski definition) is 6. The summed E-state index contributed by atoms with van der Waals surface area (Å²) in [7, 11) is 5.36. The minimum absolute atomic E-state index is 0.191. The number of anilines is 2. The number of nitrogens with one attached hydrogen (secondary N) is 1. The Morgan fingerprint density at radius 2 is 1.86 bits per heavy atom. The summed E-state index contributed by atoms with van der Waals surface area (Å²) in [4.78, 5) is 26.5. The second-order valence-electron chi connectivity index (χ2n) is 6.42. The van der Waals surface area contributed by atoms with E-state index >= 15 is 0 Å². The Hall–Kier alpha value is -3.79. The first-order valence-electron chi connectivity index (χ1n) is 8.89. The molecule has 150 valence electrons. The van der Waals surface area contributed by atoms with Crippen molar-refractivity contribution in [1.29, 1.82) is 5.26 Å². The molecule has 0 fully saturated rings. The van der Waals surface area contributed by atoms with Gasteiger partial charge in [0.2, 0.25) is 0 Å². The van der Waals surface area contributed by atoms with E-state index in [9.17, 15) is 14.9 Å². The zero-order valence-electron chi connectivity index (χ0n) is 16.8. The Kier molecular flexibility index (Phi) is 7.38. The van der Waals surface area contributed by atoms with E-state index in [2.05, 4.69) is 5.32 Å². The lowest BCUT2D eigenvalue weighted by atomic mass is 10.1. The number of ether oxygens (including phenoxy) is 2. The lowest BCUT2D eigenvalue weighted by Crippen LogP contribution is -2.30. The van der Waals surface area contributed by atoms with Gasteiger partial charge in [0.1, 0.15) is 17.4 Å². The number of carbonyl (C=O) groups excluding carboxylic acids is 2.